The number of hydrogen-bond acceptors (Lipinski definition) is 4. The Labute approximate surface area is 148 Å². The molecule has 5 nitrogen and oxygen atoms in total. The lowest BCUT2D eigenvalue weighted by Crippen LogP contribution is -2.47. The molecule has 2 aliphatic heterocycles. The highest BCUT2D eigenvalue weighted by atomic mass is 16.3. The molecule has 0 bridgehead atoms. The standard InChI is InChI=1S/C20H25N3O2/c1-22-11-5-9-17(22)18-10-6-12-23(18)19(24)13-16-14-25-20(21-16)15-7-3-2-4-8-15/h2-4,7-8,14,17-18H,5-6,9-13H2,1H3/t17-,18-/m0/s1. The molecule has 0 saturated carbocycles. The van der Waals surface area contributed by atoms with Gasteiger partial charge in [-0.2, -0.15) is 0 Å². The molecule has 0 N–H and O–H groups in total. The van der Waals surface area contributed by atoms with Crippen molar-refractivity contribution in [2.45, 2.75) is 44.2 Å². The van der Waals surface area contributed by atoms with Gasteiger partial charge in [0.25, 0.3) is 0 Å². The van der Waals surface area contributed by atoms with Crippen LogP contribution in [0.5, 0.6) is 0 Å². The number of benzene rings is 1. The van der Waals surface area contributed by atoms with E-state index in [0.717, 1.165) is 31.5 Å². The molecule has 2 saturated heterocycles. The Bertz CT molecular complexity index is 728. The lowest BCUT2D eigenvalue weighted by atomic mass is 10.0. The first kappa shape index (κ1) is 16.3. The monoisotopic (exact) mass is 339 g/mol. The fraction of sp³-hybridized carbons (Fsp3) is 0.500. The maximum absolute atomic E-state index is 12.9. The summed E-state index contributed by atoms with van der Waals surface area (Å²) in [7, 11) is 2.18. The number of likely N-dealkylation sites (tertiary alicyclic amines) is 2. The van der Waals surface area contributed by atoms with Gasteiger partial charge in [-0.15, -0.1) is 0 Å². The molecule has 2 fully saturated rings. The van der Waals surface area contributed by atoms with E-state index in [1.54, 1.807) is 6.26 Å². The summed E-state index contributed by atoms with van der Waals surface area (Å²) >= 11 is 0. The number of likely N-dealkylation sites (N-methyl/N-ethyl adjacent to an activating group) is 1. The Morgan fingerprint density at radius 3 is 2.68 bits per heavy atom. The second kappa shape index (κ2) is 7.00. The van der Waals surface area contributed by atoms with Crippen molar-refractivity contribution in [3.8, 4) is 11.5 Å². The molecule has 2 aliphatic rings. The third-order valence-corrected chi connectivity index (χ3v) is 5.55. The highest BCUT2D eigenvalue weighted by Gasteiger charge is 2.38. The van der Waals surface area contributed by atoms with E-state index in [9.17, 15) is 4.79 Å². The van der Waals surface area contributed by atoms with E-state index in [-0.39, 0.29) is 5.91 Å². The van der Waals surface area contributed by atoms with Crippen molar-refractivity contribution in [2.24, 2.45) is 0 Å². The quantitative estimate of drug-likeness (QED) is 0.859. The molecule has 0 spiro atoms. The summed E-state index contributed by atoms with van der Waals surface area (Å²) in [6, 6.07) is 10.7. The van der Waals surface area contributed by atoms with Crippen LogP contribution < -0.4 is 0 Å². The van der Waals surface area contributed by atoms with Crippen LogP contribution in [-0.2, 0) is 11.2 Å². The van der Waals surface area contributed by atoms with Gasteiger partial charge >= 0.3 is 0 Å². The van der Waals surface area contributed by atoms with E-state index in [1.165, 1.54) is 12.8 Å². The summed E-state index contributed by atoms with van der Waals surface area (Å²) in [6.45, 7) is 2.02. The number of nitrogens with zero attached hydrogens (tertiary/aromatic N) is 3. The molecule has 2 aromatic rings. The van der Waals surface area contributed by atoms with Gasteiger partial charge in [0, 0.05) is 24.2 Å². The van der Waals surface area contributed by atoms with Gasteiger partial charge in [0.1, 0.15) is 6.26 Å². The zero-order valence-corrected chi connectivity index (χ0v) is 14.7. The molecule has 2 atom stereocenters. The first-order valence-corrected chi connectivity index (χ1v) is 9.22. The average molecular weight is 339 g/mol. The normalized spacial score (nSPS) is 24.1. The van der Waals surface area contributed by atoms with Crippen molar-refractivity contribution in [3.05, 3.63) is 42.3 Å². The van der Waals surface area contributed by atoms with Crippen molar-refractivity contribution in [3.63, 3.8) is 0 Å². The zero-order chi connectivity index (χ0) is 17.2. The summed E-state index contributed by atoms with van der Waals surface area (Å²) in [5.74, 6) is 0.757. The van der Waals surface area contributed by atoms with E-state index >= 15 is 0 Å². The van der Waals surface area contributed by atoms with Crippen LogP contribution >= 0.6 is 0 Å². The van der Waals surface area contributed by atoms with Crippen LogP contribution in [0.2, 0.25) is 0 Å². The Kier molecular flexibility index (Phi) is 4.57. The Morgan fingerprint density at radius 2 is 1.92 bits per heavy atom. The molecule has 0 aliphatic carbocycles. The summed E-state index contributed by atoms with van der Waals surface area (Å²) in [4.78, 5) is 21.9. The molecule has 1 amide bonds. The van der Waals surface area contributed by atoms with E-state index in [4.69, 9.17) is 4.42 Å². The predicted molar refractivity (Wildman–Crippen MR) is 96.0 cm³/mol. The lowest BCUT2D eigenvalue weighted by molar-refractivity contribution is -0.132. The maximum Gasteiger partial charge on any atom is 0.229 e. The van der Waals surface area contributed by atoms with Crippen molar-refractivity contribution < 1.29 is 9.21 Å². The van der Waals surface area contributed by atoms with Gasteiger partial charge in [0.05, 0.1) is 12.1 Å². The molecule has 4 rings (SSSR count). The number of carbonyl (C=O) groups excluding carboxylic acids is 1. The van der Waals surface area contributed by atoms with E-state index in [0.29, 0.717) is 30.1 Å². The number of carbonyl (C=O) groups is 1. The largest absolute Gasteiger partial charge is 0.444 e. The third-order valence-electron chi connectivity index (χ3n) is 5.55. The third kappa shape index (κ3) is 3.33. The summed E-state index contributed by atoms with van der Waals surface area (Å²) in [5, 5.41) is 0. The fourth-order valence-corrected chi connectivity index (χ4v) is 4.28. The van der Waals surface area contributed by atoms with Crippen molar-refractivity contribution in [1.29, 1.82) is 0 Å². The topological polar surface area (TPSA) is 49.6 Å². The van der Waals surface area contributed by atoms with Gasteiger partial charge in [-0.05, 0) is 51.4 Å². The Morgan fingerprint density at radius 1 is 1.16 bits per heavy atom. The minimum atomic E-state index is 0.177. The number of rotatable bonds is 4. The Balaban J connectivity index is 1.44. The van der Waals surface area contributed by atoms with Gasteiger partial charge in [0.2, 0.25) is 11.8 Å². The van der Waals surface area contributed by atoms with Crippen LogP contribution in [0.1, 0.15) is 31.4 Å². The second-order valence-corrected chi connectivity index (χ2v) is 7.17. The van der Waals surface area contributed by atoms with Gasteiger partial charge in [0.15, 0.2) is 0 Å². The van der Waals surface area contributed by atoms with Crippen molar-refractivity contribution in [1.82, 2.24) is 14.8 Å². The molecule has 1 aromatic carbocycles. The molecule has 1 aromatic heterocycles. The summed E-state index contributed by atoms with van der Waals surface area (Å²) < 4.78 is 5.57. The zero-order valence-electron chi connectivity index (χ0n) is 14.7. The van der Waals surface area contributed by atoms with Gasteiger partial charge in [-0.3, -0.25) is 4.79 Å². The van der Waals surface area contributed by atoms with Crippen LogP contribution in [0.15, 0.2) is 41.0 Å². The first-order chi connectivity index (χ1) is 12.2. The van der Waals surface area contributed by atoms with Gasteiger partial charge in [-0.25, -0.2) is 4.98 Å². The number of hydrogen-bond donors (Lipinski definition) is 0. The summed E-state index contributed by atoms with van der Waals surface area (Å²) in [6.07, 6.45) is 6.61. The summed E-state index contributed by atoms with van der Waals surface area (Å²) in [5.41, 5.74) is 1.65. The van der Waals surface area contributed by atoms with Gasteiger partial charge < -0.3 is 14.2 Å². The van der Waals surface area contributed by atoms with Gasteiger partial charge in [-0.1, -0.05) is 18.2 Å². The number of oxazole rings is 1. The van der Waals surface area contributed by atoms with Crippen LogP contribution in [0.3, 0.4) is 0 Å². The minimum Gasteiger partial charge on any atom is -0.444 e. The molecular formula is C20H25N3O2. The van der Waals surface area contributed by atoms with Crippen LogP contribution in [0.4, 0.5) is 0 Å². The predicted octanol–water partition coefficient (Wildman–Crippen LogP) is 2.97. The maximum atomic E-state index is 12.9. The van der Waals surface area contributed by atoms with E-state index in [1.807, 2.05) is 30.3 Å². The van der Waals surface area contributed by atoms with Crippen LogP contribution in [0.25, 0.3) is 11.5 Å². The van der Waals surface area contributed by atoms with Crippen LogP contribution in [-0.4, -0.2) is 52.9 Å². The van der Waals surface area contributed by atoms with Crippen molar-refractivity contribution >= 4 is 5.91 Å². The molecule has 3 heterocycles. The minimum absolute atomic E-state index is 0.177. The fourth-order valence-electron chi connectivity index (χ4n) is 4.28. The number of aromatic nitrogens is 1. The average Bonchev–Trinajstić information content (AvgIpc) is 3.35. The SMILES string of the molecule is CN1CCC[C@H]1[C@@H]1CCCN1C(=O)Cc1coc(-c2ccccc2)n1. The second-order valence-electron chi connectivity index (χ2n) is 7.17. The molecule has 5 heteroatoms. The van der Waals surface area contributed by atoms with E-state index < -0.39 is 0 Å². The molecule has 132 valence electrons. The lowest BCUT2D eigenvalue weighted by Gasteiger charge is -2.33. The Hall–Kier alpha value is -2.14. The smallest absolute Gasteiger partial charge is 0.229 e. The first-order valence-electron chi connectivity index (χ1n) is 9.22. The molecule has 25 heavy (non-hydrogen) atoms. The number of amides is 1. The van der Waals surface area contributed by atoms with Crippen LogP contribution in [0, 0.1) is 0 Å². The highest BCUT2D eigenvalue weighted by Crippen LogP contribution is 2.29. The molecular weight excluding hydrogens is 314 g/mol. The van der Waals surface area contributed by atoms with E-state index in [2.05, 4.69) is 21.8 Å². The van der Waals surface area contributed by atoms with Crippen molar-refractivity contribution in [2.75, 3.05) is 20.1 Å². The molecule has 0 radical (unpaired) electrons. The highest BCUT2D eigenvalue weighted by molar-refractivity contribution is 5.79. The molecule has 0 unspecified atom stereocenters.